The van der Waals surface area contributed by atoms with Gasteiger partial charge in [-0.05, 0) is 30.5 Å². The molecule has 3 rings (SSSR count). The number of urea groups is 1. The van der Waals surface area contributed by atoms with E-state index < -0.39 is 0 Å². The Balaban J connectivity index is 1.54. The van der Waals surface area contributed by atoms with Gasteiger partial charge < -0.3 is 14.6 Å². The van der Waals surface area contributed by atoms with E-state index in [1.54, 1.807) is 12.1 Å². The summed E-state index contributed by atoms with van der Waals surface area (Å²) in [5, 5.41) is 10.5. The van der Waals surface area contributed by atoms with Crippen LogP contribution in [-0.2, 0) is 10.2 Å². The zero-order valence-corrected chi connectivity index (χ0v) is 16.9. The van der Waals surface area contributed by atoms with Gasteiger partial charge in [-0.2, -0.15) is 0 Å². The van der Waals surface area contributed by atoms with Gasteiger partial charge >= 0.3 is 6.03 Å². The molecule has 2 N–H and O–H groups in total. The Hall–Kier alpha value is -1.76. The normalized spacial score (nSPS) is 15.6. The van der Waals surface area contributed by atoms with Crippen molar-refractivity contribution in [3.8, 4) is 0 Å². The minimum atomic E-state index is -0.338. The van der Waals surface area contributed by atoms with E-state index in [4.69, 9.17) is 32.5 Å². The molecule has 1 aromatic heterocycles. The first-order chi connectivity index (χ1) is 12.8. The summed E-state index contributed by atoms with van der Waals surface area (Å²) >= 11 is 12.1. The third-order valence-electron chi connectivity index (χ3n) is 4.79. The summed E-state index contributed by atoms with van der Waals surface area (Å²) in [6, 6.07) is 6.93. The van der Waals surface area contributed by atoms with Gasteiger partial charge in [0.25, 0.3) is 0 Å². The lowest BCUT2D eigenvalue weighted by molar-refractivity contribution is 0.0791. The van der Waals surface area contributed by atoms with E-state index in [1.807, 2.05) is 26.0 Å². The van der Waals surface area contributed by atoms with Crippen molar-refractivity contribution >= 4 is 35.1 Å². The minimum absolute atomic E-state index is 0.290. The summed E-state index contributed by atoms with van der Waals surface area (Å²) in [5.41, 5.74) is 0.670. The molecule has 0 radical (unpaired) electrons. The molecule has 1 saturated heterocycles. The van der Waals surface area contributed by atoms with Gasteiger partial charge in [0.2, 0.25) is 0 Å². The Kier molecular flexibility index (Phi) is 6.29. The zero-order valence-electron chi connectivity index (χ0n) is 15.4. The fourth-order valence-corrected chi connectivity index (χ4v) is 3.30. The summed E-state index contributed by atoms with van der Waals surface area (Å²) in [5.74, 6) is 1.48. The number of benzene rings is 1. The molecule has 27 heavy (non-hydrogen) atoms. The van der Waals surface area contributed by atoms with Crippen LogP contribution in [0.3, 0.4) is 0 Å². The molecule has 6 nitrogen and oxygen atoms in total. The maximum Gasteiger partial charge on any atom is 0.320 e. The van der Waals surface area contributed by atoms with Crippen LogP contribution in [0.2, 0.25) is 10.0 Å². The third kappa shape index (κ3) is 5.15. The number of ether oxygens (including phenoxy) is 1. The van der Waals surface area contributed by atoms with Gasteiger partial charge in [0, 0.05) is 37.2 Å². The van der Waals surface area contributed by atoms with Crippen LogP contribution in [0.5, 0.6) is 0 Å². The van der Waals surface area contributed by atoms with Crippen LogP contribution in [0.25, 0.3) is 0 Å². The van der Waals surface area contributed by atoms with E-state index in [0.717, 1.165) is 37.4 Å². The summed E-state index contributed by atoms with van der Waals surface area (Å²) < 4.78 is 10.7. The van der Waals surface area contributed by atoms with E-state index in [1.165, 1.54) is 0 Å². The van der Waals surface area contributed by atoms with E-state index >= 15 is 0 Å². The average molecular weight is 412 g/mol. The largest absolute Gasteiger partial charge is 0.381 e. The average Bonchev–Trinajstić information content (AvgIpc) is 3.11. The van der Waals surface area contributed by atoms with Crippen LogP contribution in [0.1, 0.15) is 43.9 Å². The lowest BCUT2D eigenvalue weighted by Gasteiger charge is -2.26. The van der Waals surface area contributed by atoms with Crippen molar-refractivity contribution in [3.63, 3.8) is 0 Å². The Morgan fingerprint density at radius 3 is 2.67 bits per heavy atom. The molecule has 0 aliphatic carbocycles. The first-order valence-electron chi connectivity index (χ1n) is 8.90. The molecular weight excluding hydrogens is 389 g/mol. The van der Waals surface area contributed by atoms with Crippen LogP contribution in [0.15, 0.2) is 28.8 Å². The zero-order chi connectivity index (χ0) is 19.4. The molecule has 1 aliphatic rings. The van der Waals surface area contributed by atoms with Crippen molar-refractivity contribution in [1.82, 2.24) is 10.5 Å². The topological polar surface area (TPSA) is 76.4 Å². The van der Waals surface area contributed by atoms with Crippen LogP contribution < -0.4 is 10.6 Å². The second-order valence-corrected chi connectivity index (χ2v) is 8.14. The second kappa shape index (κ2) is 8.50. The fraction of sp³-hybridized carbons (Fsp3) is 0.474. The number of carbonyl (C=O) groups excluding carboxylic acids is 1. The molecule has 2 amide bonds. The quantitative estimate of drug-likeness (QED) is 0.727. The van der Waals surface area contributed by atoms with Crippen LogP contribution >= 0.6 is 23.2 Å². The van der Waals surface area contributed by atoms with Gasteiger partial charge in [0.05, 0.1) is 10.0 Å². The summed E-state index contributed by atoms with van der Waals surface area (Å²) in [6.45, 7) is 5.90. The molecule has 2 aromatic rings. The Morgan fingerprint density at radius 1 is 1.22 bits per heavy atom. The highest BCUT2D eigenvalue weighted by Gasteiger charge is 2.23. The van der Waals surface area contributed by atoms with Crippen LogP contribution in [0.4, 0.5) is 10.6 Å². The number of rotatable bonds is 5. The molecule has 0 saturated carbocycles. The maximum atomic E-state index is 12.2. The summed E-state index contributed by atoms with van der Waals surface area (Å²) in [7, 11) is 0. The van der Waals surface area contributed by atoms with E-state index in [2.05, 4.69) is 15.8 Å². The molecular formula is C19H23Cl2N3O3. The van der Waals surface area contributed by atoms with E-state index in [9.17, 15) is 4.79 Å². The van der Waals surface area contributed by atoms with Gasteiger partial charge in [-0.1, -0.05) is 48.3 Å². The number of nitrogens with one attached hydrogen (secondary N) is 2. The van der Waals surface area contributed by atoms with Gasteiger partial charge in [-0.3, -0.25) is 5.32 Å². The van der Waals surface area contributed by atoms with E-state index in [-0.39, 0.29) is 11.4 Å². The molecule has 0 unspecified atom stereocenters. The van der Waals surface area contributed by atoms with Crippen molar-refractivity contribution in [2.24, 2.45) is 0 Å². The van der Waals surface area contributed by atoms with Gasteiger partial charge in [-0.15, -0.1) is 0 Å². The first kappa shape index (κ1) is 20.0. The third-order valence-corrected chi connectivity index (χ3v) is 5.52. The Bertz CT molecular complexity index is 801. The molecule has 1 fully saturated rings. The molecule has 0 spiro atoms. The number of amides is 2. The highest BCUT2D eigenvalue weighted by Crippen LogP contribution is 2.30. The first-order valence-corrected chi connectivity index (χ1v) is 9.65. The number of halogens is 2. The van der Waals surface area contributed by atoms with Crippen molar-refractivity contribution in [1.29, 1.82) is 0 Å². The number of hydrogen-bond acceptors (Lipinski definition) is 4. The van der Waals surface area contributed by atoms with Crippen molar-refractivity contribution < 1.29 is 14.1 Å². The molecule has 0 bridgehead atoms. The molecule has 8 heteroatoms. The lowest BCUT2D eigenvalue weighted by Crippen LogP contribution is -2.39. The molecule has 0 atom stereocenters. The number of anilines is 1. The monoisotopic (exact) mass is 411 g/mol. The van der Waals surface area contributed by atoms with Gasteiger partial charge in [0.15, 0.2) is 5.82 Å². The van der Waals surface area contributed by atoms with E-state index in [0.29, 0.717) is 28.3 Å². The smallest absolute Gasteiger partial charge is 0.320 e. The predicted molar refractivity (Wildman–Crippen MR) is 106 cm³/mol. The SMILES string of the molecule is CC(C)(CNC(=O)Nc1cc(C2CCOCC2)on1)c1ccc(Cl)c(Cl)c1. The Labute approximate surface area is 168 Å². The predicted octanol–water partition coefficient (Wildman–Crippen LogP) is 4.97. The summed E-state index contributed by atoms with van der Waals surface area (Å²) in [6.07, 6.45) is 1.80. The number of carbonyl (C=O) groups is 1. The second-order valence-electron chi connectivity index (χ2n) is 7.32. The number of nitrogens with zero attached hydrogens (tertiary/aromatic N) is 1. The van der Waals surface area contributed by atoms with Crippen LogP contribution in [0, 0.1) is 0 Å². The molecule has 146 valence electrons. The Morgan fingerprint density at radius 2 is 1.96 bits per heavy atom. The lowest BCUT2D eigenvalue weighted by atomic mass is 9.84. The standard InChI is InChI=1S/C19H23Cl2N3O3/c1-19(2,13-3-4-14(20)15(21)9-13)11-22-18(25)23-17-10-16(27-24-17)12-5-7-26-8-6-12/h3-4,9-10,12H,5-8,11H2,1-2H3,(H2,22,23,24,25). The van der Waals surface area contributed by atoms with Gasteiger partial charge in [0.1, 0.15) is 5.76 Å². The van der Waals surface area contributed by atoms with Crippen molar-refractivity contribution in [2.45, 2.75) is 38.0 Å². The molecule has 1 aliphatic heterocycles. The van der Waals surface area contributed by atoms with Crippen molar-refractivity contribution in [3.05, 3.63) is 45.6 Å². The van der Waals surface area contributed by atoms with Crippen molar-refractivity contribution in [2.75, 3.05) is 25.1 Å². The number of aromatic nitrogens is 1. The minimum Gasteiger partial charge on any atom is -0.381 e. The highest BCUT2D eigenvalue weighted by atomic mass is 35.5. The number of hydrogen-bond donors (Lipinski definition) is 2. The molecule has 1 aromatic carbocycles. The highest BCUT2D eigenvalue weighted by molar-refractivity contribution is 6.42. The molecule has 2 heterocycles. The fourth-order valence-electron chi connectivity index (χ4n) is 3.00. The van der Waals surface area contributed by atoms with Crippen LogP contribution in [-0.4, -0.2) is 30.9 Å². The summed E-state index contributed by atoms with van der Waals surface area (Å²) in [4.78, 5) is 12.2. The maximum absolute atomic E-state index is 12.2. The van der Waals surface area contributed by atoms with Gasteiger partial charge in [-0.25, -0.2) is 4.79 Å².